The second-order valence-corrected chi connectivity index (χ2v) is 7.15. The van der Waals surface area contributed by atoms with E-state index < -0.39 is 10.0 Å². The highest BCUT2D eigenvalue weighted by atomic mass is 32.2. The average Bonchev–Trinajstić information content (AvgIpc) is 2.97. The van der Waals surface area contributed by atoms with Crippen molar-refractivity contribution in [1.82, 2.24) is 9.62 Å². The fraction of sp³-hybridized carbons (Fsp3) is 0.533. The third-order valence-electron chi connectivity index (χ3n) is 3.71. The lowest BCUT2D eigenvalue weighted by Crippen LogP contribution is -2.28. The van der Waals surface area contributed by atoms with Gasteiger partial charge in [-0.25, -0.2) is 13.1 Å². The summed E-state index contributed by atoms with van der Waals surface area (Å²) < 4.78 is 26.8. The Bertz CT molecular complexity index is 575. The zero-order valence-corrected chi connectivity index (χ0v) is 13.2. The van der Waals surface area contributed by atoms with E-state index in [4.69, 9.17) is 0 Å². The Morgan fingerprint density at radius 3 is 2.38 bits per heavy atom. The standard InChI is InChI=1S/C15H22N2O3S/c1-13(18)14-5-7-15(8-6-14)21(19,20)16-9-4-12-17-10-2-3-11-17/h5-8,16H,2-4,9-12H2,1H3. The van der Waals surface area contributed by atoms with Crippen LogP contribution in [0.3, 0.4) is 0 Å². The number of sulfonamides is 1. The van der Waals surface area contributed by atoms with Crippen LogP contribution in [-0.4, -0.2) is 45.3 Å². The van der Waals surface area contributed by atoms with E-state index >= 15 is 0 Å². The Labute approximate surface area is 126 Å². The Morgan fingerprint density at radius 1 is 1.19 bits per heavy atom. The molecule has 1 aliphatic rings. The minimum atomic E-state index is -3.48. The van der Waals surface area contributed by atoms with Gasteiger partial charge in [-0.15, -0.1) is 0 Å². The van der Waals surface area contributed by atoms with Gasteiger partial charge in [0.15, 0.2) is 5.78 Å². The number of rotatable bonds is 7. The number of hydrogen-bond acceptors (Lipinski definition) is 4. The first-order valence-electron chi connectivity index (χ1n) is 7.32. The normalized spacial score (nSPS) is 16.2. The first-order chi connectivity index (χ1) is 9.99. The van der Waals surface area contributed by atoms with E-state index in [1.165, 1.54) is 31.9 Å². The van der Waals surface area contributed by atoms with Crippen molar-refractivity contribution in [2.75, 3.05) is 26.2 Å². The molecule has 1 aromatic carbocycles. The number of carbonyl (C=O) groups is 1. The number of benzene rings is 1. The summed E-state index contributed by atoms with van der Waals surface area (Å²) in [4.78, 5) is 13.7. The van der Waals surface area contributed by atoms with Crippen molar-refractivity contribution in [2.45, 2.75) is 31.1 Å². The maximum atomic E-state index is 12.1. The summed E-state index contributed by atoms with van der Waals surface area (Å²) in [6, 6.07) is 6.03. The van der Waals surface area contributed by atoms with Crippen LogP contribution in [0.15, 0.2) is 29.2 Å². The zero-order chi connectivity index (χ0) is 15.3. The number of likely N-dealkylation sites (tertiary alicyclic amines) is 1. The first-order valence-corrected chi connectivity index (χ1v) is 8.80. The molecule has 1 N–H and O–H groups in total. The molecule has 1 aliphatic heterocycles. The molecule has 2 rings (SSSR count). The molecule has 0 aromatic heterocycles. The van der Waals surface area contributed by atoms with Crippen LogP contribution in [0.5, 0.6) is 0 Å². The molecule has 0 saturated carbocycles. The van der Waals surface area contributed by atoms with Gasteiger partial charge in [-0.1, -0.05) is 12.1 Å². The summed E-state index contributed by atoms with van der Waals surface area (Å²) >= 11 is 0. The topological polar surface area (TPSA) is 66.5 Å². The Hall–Kier alpha value is -1.24. The van der Waals surface area contributed by atoms with E-state index in [0.717, 1.165) is 26.1 Å². The van der Waals surface area contributed by atoms with Gasteiger partial charge in [0.2, 0.25) is 10.0 Å². The van der Waals surface area contributed by atoms with Gasteiger partial charge >= 0.3 is 0 Å². The molecule has 5 nitrogen and oxygen atoms in total. The quantitative estimate of drug-likeness (QED) is 0.614. The van der Waals surface area contributed by atoms with Gasteiger partial charge in [0, 0.05) is 12.1 Å². The van der Waals surface area contributed by atoms with Gasteiger partial charge in [-0.05, 0) is 58.0 Å². The van der Waals surface area contributed by atoms with Gasteiger partial charge in [0.25, 0.3) is 0 Å². The number of nitrogens with zero attached hydrogens (tertiary/aromatic N) is 1. The van der Waals surface area contributed by atoms with E-state index in [1.54, 1.807) is 12.1 Å². The smallest absolute Gasteiger partial charge is 0.240 e. The maximum absolute atomic E-state index is 12.1. The van der Waals surface area contributed by atoms with Crippen LogP contribution in [0.1, 0.15) is 36.5 Å². The second-order valence-electron chi connectivity index (χ2n) is 5.38. The largest absolute Gasteiger partial charge is 0.303 e. The van der Waals surface area contributed by atoms with Crippen LogP contribution in [0.25, 0.3) is 0 Å². The first kappa shape index (κ1) is 16.1. The van der Waals surface area contributed by atoms with Crippen molar-refractivity contribution in [3.05, 3.63) is 29.8 Å². The fourth-order valence-corrected chi connectivity index (χ4v) is 3.54. The predicted octanol–water partition coefficient (Wildman–Crippen LogP) is 1.65. The monoisotopic (exact) mass is 310 g/mol. The number of carbonyl (C=O) groups excluding carboxylic acids is 1. The molecule has 1 fully saturated rings. The molecule has 1 aromatic rings. The summed E-state index contributed by atoms with van der Waals surface area (Å²) in [7, 11) is -3.48. The zero-order valence-electron chi connectivity index (χ0n) is 12.3. The Balaban J connectivity index is 1.84. The van der Waals surface area contributed by atoms with Crippen molar-refractivity contribution in [2.24, 2.45) is 0 Å². The lowest BCUT2D eigenvalue weighted by Gasteiger charge is -2.14. The van der Waals surface area contributed by atoms with E-state index in [1.807, 2.05) is 0 Å². The van der Waals surface area contributed by atoms with Crippen molar-refractivity contribution >= 4 is 15.8 Å². The summed E-state index contributed by atoms with van der Waals surface area (Å²) in [5.41, 5.74) is 0.517. The molecule has 1 saturated heterocycles. The fourth-order valence-electron chi connectivity index (χ4n) is 2.47. The molecule has 0 radical (unpaired) electrons. The molecule has 116 valence electrons. The van der Waals surface area contributed by atoms with Crippen LogP contribution < -0.4 is 4.72 Å². The second kappa shape index (κ2) is 7.15. The van der Waals surface area contributed by atoms with Crippen LogP contribution in [0, 0.1) is 0 Å². The number of nitrogens with one attached hydrogen (secondary N) is 1. The van der Waals surface area contributed by atoms with Gasteiger partial charge in [0.05, 0.1) is 4.90 Å². The SMILES string of the molecule is CC(=O)c1ccc(S(=O)(=O)NCCCN2CCCC2)cc1. The molecule has 0 atom stereocenters. The number of ketones is 1. The number of Topliss-reactive ketones (excluding diaryl/α,β-unsaturated/α-hetero) is 1. The van der Waals surface area contributed by atoms with Crippen LogP contribution >= 0.6 is 0 Å². The number of hydrogen-bond donors (Lipinski definition) is 1. The third-order valence-corrected chi connectivity index (χ3v) is 5.19. The highest BCUT2D eigenvalue weighted by molar-refractivity contribution is 7.89. The van der Waals surface area contributed by atoms with Crippen LogP contribution in [0.4, 0.5) is 0 Å². The Kier molecular flexibility index (Phi) is 5.50. The highest BCUT2D eigenvalue weighted by Crippen LogP contribution is 2.11. The van der Waals surface area contributed by atoms with Crippen LogP contribution in [-0.2, 0) is 10.0 Å². The molecule has 0 bridgehead atoms. The van der Waals surface area contributed by atoms with E-state index in [0.29, 0.717) is 12.1 Å². The third kappa shape index (κ3) is 4.62. The lowest BCUT2D eigenvalue weighted by atomic mass is 10.2. The van der Waals surface area contributed by atoms with Crippen molar-refractivity contribution in [3.63, 3.8) is 0 Å². The van der Waals surface area contributed by atoms with E-state index in [2.05, 4.69) is 9.62 Å². The van der Waals surface area contributed by atoms with Gasteiger partial charge in [0.1, 0.15) is 0 Å². The van der Waals surface area contributed by atoms with Gasteiger partial charge in [-0.2, -0.15) is 0 Å². The van der Waals surface area contributed by atoms with E-state index in [9.17, 15) is 13.2 Å². The van der Waals surface area contributed by atoms with Crippen molar-refractivity contribution < 1.29 is 13.2 Å². The molecular weight excluding hydrogens is 288 g/mol. The Morgan fingerprint density at radius 2 is 1.81 bits per heavy atom. The highest BCUT2D eigenvalue weighted by Gasteiger charge is 2.15. The average molecular weight is 310 g/mol. The molecule has 1 heterocycles. The molecule has 0 spiro atoms. The summed E-state index contributed by atoms with van der Waals surface area (Å²) in [6.07, 6.45) is 3.30. The molecule has 21 heavy (non-hydrogen) atoms. The molecule has 0 amide bonds. The van der Waals surface area contributed by atoms with Crippen molar-refractivity contribution in [3.8, 4) is 0 Å². The summed E-state index contributed by atoms with van der Waals surface area (Å²) in [5, 5.41) is 0. The minimum Gasteiger partial charge on any atom is -0.303 e. The predicted molar refractivity (Wildman–Crippen MR) is 81.9 cm³/mol. The van der Waals surface area contributed by atoms with Crippen LogP contribution in [0.2, 0.25) is 0 Å². The lowest BCUT2D eigenvalue weighted by molar-refractivity contribution is 0.101. The molecule has 6 heteroatoms. The van der Waals surface area contributed by atoms with Gasteiger partial charge in [-0.3, -0.25) is 4.79 Å². The van der Waals surface area contributed by atoms with Crippen molar-refractivity contribution in [1.29, 1.82) is 0 Å². The molecular formula is C15H22N2O3S. The molecule has 0 unspecified atom stereocenters. The minimum absolute atomic E-state index is 0.0717. The van der Waals surface area contributed by atoms with Gasteiger partial charge < -0.3 is 4.90 Å². The molecule has 0 aliphatic carbocycles. The summed E-state index contributed by atoms with van der Waals surface area (Å²) in [5.74, 6) is -0.0717. The maximum Gasteiger partial charge on any atom is 0.240 e. The summed E-state index contributed by atoms with van der Waals surface area (Å²) in [6.45, 7) is 5.08. The van der Waals surface area contributed by atoms with E-state index in [-0.39, 0.29) is 10.7 Å².